The first-order valence-corrected chi connectivity index (χ1v) is 5.48. The number of hydrogen-bond acceptors (Lipinski definition) is 2. The van der Waals surface area contributed by atoms with Crippen LogP contribution in [0, 0.1) is 5.92 Å². The molecule has 1 atom stereocenters. The normalized spacial score (nSPS) is 13.4. The largest absolute Gasteiger partial charge is 0.472 e. The van der Waals surface area contributed by atoms with E-state index in [4.69, 9.17) is 4.42 Å². The zero-order valence-electron chi connectivity index (χ0n) is 9.42. The van der Waals surface area contributed by atoms with Gasteiger partial charge in [0, 0.05) is 6.04 Å². The number of rotatable bonds is 6. The van der Waals surface area contributed by atoms with Crippen LogP contribution in [0.15, 0.2) is 23.0 Å². The SMILES string of the molecule is CCNC(CCc1ccoc1)C(C)C. The minimum absolute atomic E-state index is 0.620. The summed E-state index contributed by atoms with van der Waals surface area (Å²) in [6.07, 6.45) is 5.87. The molecular formula is C12H21NO. The molecule has 0 bridgehead atoms. The Hall–Kier alpha value is -0.760. The molecule has 0 aliphatic rings. The molecule has 2 nitrogen and oxygen atoms in total. The quantitative estimate of drug-likeness (QED) is 0.755. The molecule has 2 heteroatoms. The lowest BCUT2D eigenvalue weighted by Crippen LogP contribution is -2.34. The van der Waals surface area contributed by atoms with Crippen LogP contribution in [-0.2, 0) is 6.42 Å². The second-order valence-corrected chi connectivity index (χ2v) is 4.08. The summed E-state index contributed by atoms with van der Waals surface area (Å²) < 4.78 is 5.05. The lowest BCUT2D eigenvalue weighted by Gasteiger charge is -2.21. The number of hydrogen-bond donors (Lipinski definition) is 1. The van der Waals surface area contributed by atoms with Crippen LogP contribution < -0.4 is 5.32 Å². The van der Waals surface area contributed by atoms with E-state index < -0.39 is 0 Å². The molecular weight excluding hydrogens is 174 g/mol. The average molecular weight is 195 g/mol. The third kappa shape index (κ3) is 3.54. The van der Waals surface area contributed by atoms with Crippen LogP contribution in [0.5, 0.6) is 0 Å². The fourth-order valence-electron chi connectivity index (χ4n) is 1.69. The van der Waals surface area contributed by atoms with Gasteiger partial charge in [-0.1, -0.05) is 20.8 Å². The van der Waals surface area contributed by atoms with E-state index in [2.05, 4.69) is 26.1 Å². The van der Waals surface area contributed by atoms with Crippen molar-refractivity contribution in [2.75, 3.05) is 6.54 Å². The van der Waals surface area contributed by atoms with Gasteiger partial charge in [-0.05, 0) is 36.9 Å². The molecule has 0 saturated carbocycles. The van der Waals surface area contributed by atoms with E-state index in [0.717, 1.165) is 13.0 Å². The van der Waals surface area contributed by atoms with E-state index in [9.17, 15) is 0 Å². The molecule has 0 radical (unpaired) electrons. The highest BCUT2D eigenvalue weighted by molar-refractivity contribution is 5.05. The highest BCUT2D eigenvalue weighted by atomic mass is 16.3. The van der Waals surface area contributed by atoms with E-state index in [0.29, 0.717) is 12.0 Å². The van der Waals surface area contributed by atoms with Crippen molar-refractivity contribution < 1.29 is 4.42 Å². The van der Waals surface area contributed by atoms with Crippen molar-refractivity contribution in [1.29, 1.82) is 0 Å². The number of aryl methyl sites for hydroxylation is 1. The summed E-state index contributed by atoms with van der Waals surface area (Å²) in [5.41, 5.74) is 1.30. The van der Waals surface area contributed by atoms with Crippen LogP contribution in [-0.4, -0.2) is 12.6 Å². The zero-order chi connectivity index (χ0) is 10.4. The lowest BCUT2D eigenvalue weighted by molar-refractivity contribution is 0.385. The van der Waals surface area contributed by atoms with Gasteiger partial charge in [0.2, 0.25) is 0 Å². The van der Waals surface area contributed by atoms with Crippen molar-refractivity contribution in [1.82, 2.24) is 5.32 Å². The molecule has 1 aromatic heterocycles. The van der Waals surface area contributed by atoms with Gasteiger partial charge in [0.15, 0.2) is 0 Å². The first-order valence-electron chi connectivity index (χ1n) is 5.48. The van der Waals surface area contributed by atoms with Crippen molar-refractivity contribution in [2.45, 2.75) is 39.7 Å². The van der Waals surface area contributed by atoms with Crippen LogP contribution in [0.1, 0.15) is 32.8 Å². The molecule has 1 aromatic rings. The predicted molar refractivity (Wildman–Crippen MR) is 59.3 cm³/mol. The van der Waals surface area contributed by atoms with E-state index in [1.54, 1.807) is 6.26 Å². The lowest BCUT2D eigenvalue weighted by atomic mass is 9.97. The minimum atomic E-state index is 0.620. The number of nitrogens with one attached hydrogen (secondary N) is 1. The molecule has 1 N–H and O–H groups in total. The fraction of sp³-hybridized carbons (Fsp3) is 0.667. The van der Waals surface area contributed by atoms with Crippen molar-refractivity contribution in [3.05, 3.63) is 24.2 Å². The van der Waals surface area contributed by atoms with Gasteiger partial charge in [-0.15, -0.1) is 0 Å². The van der Waals surface area contributed by atoms with Gasteiger partial charge < -0.3 is 9.73 Å². The van der Waals surface area contributed by atoms with E-state index in [1.807, 2.05) is 12.3 Å². The zero-order valence-corrected chi connectivity index (χ0v) is 9.42. The Balaban J connectivity index is 2.33. The molecule has 80 valence electrons. The smallest absolute Gasteiger partial charge is 0.0934 e. The van der Waals surface area contributed by atoms with Gasteiger partial charge in [-0.3, -0.25) is 0 Å². The average Bonchev–Trinajstić information content (AvgIpc) is 2.64. The summed E-state index contributed by atoms with van der Waals surface area (Å²) in [6, 6.07) is 2.67. The van der Waals surface area contributed by atoms with Crippen LogP contribution >= 0.6 is 0 Å². The highest BCUT2D eigenvalue weighted by Crippen LogP contribution is 2.11. The fourth-order valence-corrected chi connectivity index (χ4v) is 1.69. The summed E-state index contributed by atoms with van der Waals surface area (Å²) in [5.74, 6) is 0.696. The molecule has 14 heavy (non-hydrogen) atoms. The standard InChI is InChI=1S/C12H21NO/c1-4-13-12(10(2)3)6-5-11-7-8-14-9-11/h7-10,12-13H,4-6H2,1-3H3. The topological polar surface area (TPSA) is 25.2 Å². The summed E-state index contributed by atoms with van der Waals surface area (Å²) in [6.45, 7) is 7.74. The Bertz CT molecular complexity index is 228. The van der Waals surface area contributed by atoms with Gasteiger partial charge in [-0.2, -0.15) is 0 Å². The third-order valence-electron chi connectivity index (χ3n) is 2.60. The molecule has 1 rings (SSSR count). The molecule has 0 aliphatic heterocycles. The minimum Gasteiger partial charge on any atom is -0.472 e. The summed E-state index contributed by atoms with van der Waals surface area (Å²) in [7, 11) is 0. The maximum absolute atomic E-state index is 5.05. The van der Waals surface area contributed by atoms with Crippen LogP contribution in [0.2, 0.25) is 0 Å². The van der Waals surface area contributed by atoms with Crippen molar-refractivity contribution >= 4 is 0 Å². The van der Waals surface area contributed by atoms with Crippen molar-refractivity contribution in [2.24, 2.45) is 5.92 Å². The molecule has 0 aliphatic carbocycles. The Morgan fingerprint density at radius 3 is 2.71 bits per heavy atom. The number of furan rings is 1. The van der Waals surface area contributed by atoms with Gasteiger partial charge in [-0.25, -0.2) is 0 Å². The second-order valence-electron chi connectivity index (χ2n) is 4.08. The van der Waals surface area contributed by atoms with Gasteiger partial charge in [0.1, 0.15) is 0 Å². The highest BCUT2D eigenvalue weighted by Gasteiger charge is 2.11. The Morgan fingerprint density at radius 2 is 2.21 bits per heavy atom. The summed E-state index contributed by atoms with van der Waals surface area (Å²) >= 11 is 0. The summed E-state index contributed by atoms with van der Waals surface area (Å²) in [5, 5.41) is 3.51. The van der Waals surface area contributed by atoms with E-state index >= 15 is 0 Å². The molecule has 1 heterocycles. The van der Waals surface area contributed by atoms with Gasteiger partial charge in [0.25, 0.3) is 0 Å². The van der Waals surface area contributed by atoms with Gasteiger partial charge >= 0.3 is 0 Å². The van der Waals surface area contributed by atoms with Crippen LogP contribution in [0.4, 0.5) is 0 Å². The molecule has 0 aromatic carbocycles. The maximum Gasteiger partial charge on any atom is 0.0934 e. The van der Waals surface area contributed by atoms with Gasteiger partial charge in [0.05, 0.1) is 12.5 Å². The summed E-state index contributed by atoms with van der Waals surface area (Å²) in [4.78, 5) is 0. The Labute approximate surface area is 86.7 Å². The Kier molecular flexibility index (Phi) is 4.74. The predicted octanol–water partition coefficient (Wildman–Crippen LogP) is 2.85. The molecule has 1 unspecified atom stereocenters. The maximum atomic E-state index is 5.05. The molecule has 0 fully saturated rings. The van der Waals surface area contributed by atoms with Crippen LogP contribution in [0.25, 0.3) is 0 Å². The van der Waals surface area contributed by atoms with E-state index in [-0.39, 0.29) is 0 Å². The third-order valence-corrected chi connectivity index (χ3v) is 2.60. The van der Waals surface area contributed by atoms with E-state index in [1.165, 1.54) is 12.0 Å². The molecule has 0 spiro atoms. The molecule has 0 amide bonds. The van der Waals surface area contributed by atoms with Crippen molar-refractivity contribution in [3.63, 3.8) is 0 Å². The molecule has 0 saturated heterocycles. The van der Waals surface area contributed by atoms with Crippen LogP contribution in [0.3, 0.4) is 0 Å². The monoisotopic (exact) mass is 195 g/mol. The first-order chi connectivity index (χ1) is 6.74. The first kappa shape index (κ1) is 11.3. The van der Waals surface area contributed by atoms with Crippen molar-refractivity contribution in [3.8, 4) is 0 Å². The second kappa shape index (κ2) is 5.86. The Morgan fingerprint density at radius 1 is 1.43 bits per heavy atom.